The Morgan fingerprint density at radius 3 is 3.05 bits per heavy atom. The van der Waals surface area contributed by atoms with Crippen molar-refractivity contribution in [2.24, 2.45) is 0 Å². The SMILES string of the molecule is CNc1cc(Nc2cc[c]cc2OC)nc2c(Cl)cnn12. The van der Waals surface area contributed by atoms with Crippen LogP contribution in [0.5, 0.6) is 5.75 Å². The van der Waals surface area contributed by atoms with Gasteiger partial charge in [0.05, 0.1) is 19.0 Å². The summed E-state index contributed by atoms with van der Waals surface area (Å²) < 4.78 is 6.93. The summed E-state index contributed by atoms with van der Waals surface area (Å²) in [7, 11) is 3.42. The fourth-order valence-electron chi connectivity index (χ4n) is 2.00. The lowest BCUT2D eigenvalue weighted by atomic mass is 10.3. The molecule has 0 aliphatic heterocycles. The highest BCUT2D eigenvalue weighted by Crippen LogP contribution is 2.28. The van der Waals surface area contributed by atoms with Crippen LogP contribution >= 0.6 is 11.6 Å². The van der Waals surface area contributed by atoms with Crippen molar-refractivity contribution in [3.63, 3.8) is 0 Å². The topological polar surface area (TPSA) is 63.5 Å². The molecule has 2 N–H and O–H groups in total. The molecule has 0 fully saturated rings. The van der Waals surface area contributed by atoms with Crippen LogP contribution in [-0.2, 0) is 0 Å². The first-order valence-electron chi connectivity index (χ1n) is 6.26. The molecule has 7 heteroatoms. The van der Waals surface area contributed by atoms with E-state index in [-0.39, 0.29) is 0 Å². The van der Waals surface area contributed by atoms with Crippen molar-refractivity contribution in [3.05, 3.63) is 41.6 Å². The van der Waals surface area contributed by atoms with Gasteiger partial charge in [-0.1, -0.05) is 17.7 Å². The first-order valence-corrected chi connectivity index (χ1v) is 6.64. The fourth-order valence-corrected chi connectivity index (χ4v) is 2.17. The molecule has 107 valence electrons. The summed E-state index contributed by atoms with van der Waals surface area (Å²) in [6, 6.07) is 10.2. The summed E-state index contributed by atoms with van der Waals surface area (Å²) in [4.78, 5) is 4.47. The number of anilines is 3. The number of nitrogens with one attached hydrogen (secondary N) is 2. The van der Waals surface area contributed by atoms with Gasteiger partial charge in [-0.2, -0.15) is 9.61 Å². The molecular weight excluding hydrogens is 290 g/mol. The van der Waals surface area contributed by atoms with E-state index in [9.17, 15) is 0 Å². The maximum absolute atomic E-state index is 6.10. The number of aromatic nitrogens is 3. The third-order valence-corrected chi connectivity index (χ3v) is 3.26. The van der Waals surface area contributed by atoms with E-state index in [4.69, 9.17) is 16.3 Å². The maximum Gasteiger partial charge on any atom is 0.178 e. The van der Waals surface area contributed by atoms with Gasteiger partial charge < -0.3 is 15.4 Å². The van der Waals surface area contributed by atoms with Crippen LogP contribution in [0.3, 0.4) is 0 Å². The van der Waals surface area contributed by atoms with E-state index in [0.29, 0.717) is 22.2 Å². The van der Waals surface area contributed by atoms with E-state index in [1.165, 1.54) is 0 Å². The molecule has 1 aromatic carbocycles. The van der Waals surface area contributed by atoms with Gasteiger partial charge in [0.2, 0.25) is 0 Å². The second-order valence-corrected chi connectivity index (χ2v) is 4.66. The largest absolute Gasteiger partial charge is 0.495 e. The van der Waals surface area contributed by atoms with Gasteiger partial charge in [0.25, 0.3) is 0 Å². The number of benzene rings is 1. The smallest absolute Gasteiger partial charge is 0.178 e. The van der Waals surface area contributed by atoms with Gasteiger partial charge in [0.15, 0.2) is 5.65 Å². The molecule has 1 radical (unpaired) electrons. The quantitative estimate of drug-likeness (QED) is 0.776. The van der Waals surface area contributed by atoms with Gasteiger partial charge in [-0.15, -0.1) is 0 Å². The van der Waals surface area contributed by atoms with E-state index in [1.807, 2.05) is 19.2 Å². The Balaban J connectivity index is 2.06. The minimum atomic E-state index is 0.489. The number of fused-ring (bicyclic) bond motifs is 1. The summed E-state index contributed by atoms with van der Waals surface area (Å²) in [6.07, 6.45) is 1.56. The molecular formula is C14H13ClN5O. The van der Waals surface area contributed by atoms with Gasteiger partial charge in [-0.3, -0.25) is 0 Å². The van der Waals surface area contributed by atoms with Crippen LogP contribution in [0.15, 0.2) is 30.5 Å². The molecule has 21 heavy (non-hydrogen) atoms. The van der Waals surface area contributed by atoms with Gasteiger partial charge in [-0.25, -0.2) is 4.98 Å². The lowest BCUT2D eigenvalue weighted by Gasteiger charge is -2.12. The zero-order chi connectivity index (χ0) is 14.8. The Kier molecular flexibility index (Phi) is 3.53. The predicted molar refractivity (Wildman–Crippen MR) is 82.7 cm³/mol. The van der Waals surface area contributed by atoms with Crippen molar-refractivity contribution in [2.75, 3.05) is 24.8 Å². The van der Waals surface area contributed by atoms with Crippen molar-refractivity contribution in [3.8, 4) is 5.75 Å². The van der Waals surface area contributed by atoms with Crippen molar-refractivity contribution in [1.29, 1.82) is 0 Å². The Bertz CT molecular complexity index is 786. The molecule has 2 aromatic heterocycles. The van der Waals surface area contributed by atoms with Crippen molar-refractivity contribution < 1.29 is 4.74 Å². The average molecular weight is 303 g/mol. The van der Waals surface area contributed by atoms with E-state index in [0.717, 1.165) is 11.5 Å². The van der Waals surface area contributed by atoms with Gasteiger partial charge >= 0.3 is 0 Å². The first-order chi connectivity index (χ1) is 10.2. The number of nitrogens with zero attached hydrogens (tertiary/aromatic N) is 3. The van der Waals surface area contributed by atoms with Crippen LogP contribution in [0.25, 0.3) is 5.65 Å². The molecule has 0 spiro atoms. The van der Waals surface area contributed by atoms with Gasteiger partial charge in [0, 0.05) is 13.1 Å². The minimum Gasteiger partial charge on any atom is -0.495 e. The molecule has 0 atom stereocenters. The Morgan fingerprint density at radius 1 is 1.43 bits per heavy atom. The number of hydrogen-bond acceptors (Lipinski definition) is 5. The van der Waals surface area contributed by atoms with Crippen LogP contribution in [0.2, 0.25) is 5.02 Å². The normalized spacial score (nSPS) is 10.6. The van der Waals surface area contributed by atoms with Crippen LogP contribution in [0.4, 0.5) is 17.3 Å². The fraction of sp³-hybridized carbons (Fsp3) is 0.143. The van der Waals surface area contributed by atoms with Crippen molar-refractivity contribution in [1.82, 2.24) is 14.6 Å². The number of halogens is 1. The Hall–Kier alpha value is -2.47. The van der Waals surface area contributed by atoms with Crippen molar-refractivity contribution >= 4 is 34.6 Å². The number of methoxy groups -OCH3 is 1. The standard InChI is InChI=1S/C14H13ClN5O/c1-16-13-7-12(19-14-9(15)8-17-20(13)14)18-10-5-3-4-6-11(10)21-2/h3,5-8,16H,1-2H3,(H,18,19). The summed E-state index contributed by atoms with van der Waals surface area (Å²) in [6.45, 7) is 0. The zero-order valence-electron chi connectivity index (χ0n) is 11.5. The van der Waals surface area contributed by atoms with E-state index in [1.54, 1.807) is 30.0 Å². The summed E-state index contributed by atoms with van der Waals surface area (Å²) in [5.74, 6) is 2.10. The van der Waals surface area contributed by atoms with Crippen molar-refractivity contribution in [2.45, 2.75) is 0 Å². The predicted octanol–water partition coefficient (Wildman–Crippen LogP) is 2.98. The highest BCUT2D eigenvalue weighted by atomic mass is 35.5. The molecule has 3 aromatic rings. The van der Waals surface area contributed by atoms with Crippen LogP contribution in [0.1, 0.15) is 0 Å². The van der Waals surface area contributed by atoms with E-state index in [2.05, 4.69) is 26.8 Å². The highest BCUT2D eigenvalue weighted by Gasteiger charge is 2.10. The monoisotopic (exact) mass is 302 g/mol. The number of rotatable bonds is 4. The van der Waals surface area contributed by atoms with Gasteiger partial charge in [0.1, 0.15) is 22.4 Å². The molecule has 2 heterocycles. The molecule has 3 rings (SSSR count). The lowest BCUT2D eigenvalue weighted by Crippen LogP contribution is -2.04. The Labute approximate surface area is 126 Å². The second kappa shape index (κ2) is 5.49. The number of hydrogen-bond donors (Lipinski definition) is 2. The third kappa shape index (κ3) is 2.45. The Morgan fingerprint density at radius 2 is 2.29 bits per heavy atom. The molecule has 0 saturated heterocycles. The molecule has 0 aliphatic carbocycles. The lowest BCUT2D eigenvalue weighted by molar-refractivity contribution is 0.416. The molecule has 0 bridgehead atoms. The molecule has 6 nitrogen and oxygen atoms in total. The number of ether oxygens (including phenoxy) is 1. The van der Waals surface area contributed by atoms with Gasteiger partial charge in [-0.05, 0) is 18.2 Å². The summed E-state index contributed by atoms with van der Waals surface area (Å²) >= 11 is 6.10. The maximum atomic E-state index is 6.10. The summed E-state index contributed by atoms with van der Waals surface area (Å²) in [5.41, 5.74) is 1.37. The molecule has 0 amide bonds. The first kappa shape index (κ1) is 13.5. The zero-order valence-corrected chi connectivity index (χ0v) is 12.3. The van der Waals surface area contributed by atoms with Crippen LogP contribution < -0.4 is 15.4 Å². The second-order valence-electron chi connectivity index (χ2n) is 4.26. The summed E-state index contributed by atoms with van der Waals surface area (Å²) in [5, 5.41) is 10.9. The minimum absolute atomic E-state index is 0.489. The highest BCUT2D eigenvalue weighted by molar-refractivity contribution is 6.33. The third-order valence-electron chi connectivity index (χ3n) is 2.99. The van der Waals surface area contributed by atoms with E-state index < -0.39 is 0 Å². The van der Waals surface area contributed by atoms with Crippen LogP contribution in [-0.4, -0.2) is 28.8 Å². The molecule has 0 aliphatic rings. The van der Waals surface area contributed by atoms with Crippen LogP contribution in [0, 0.1) is 6.07 Å². The molecule has 0 unspecified atom stereocenters. The molecule has 0 saturated carbocycles. The van der Waals surface area contributed by atoms with E-state index >= 15 is 0 Å². The average Bonchev–Trinajstić information content (AvgIpc) is 2.89.